The maximum absolute atomic E-state index is 11.5. The van der Waals surface area contributed by atoms with Crippen molar-refractivity contribution in [3.8, 4) is 6.07 Å². The van der Waals surface area contributed by atoms with Crippen LogP contribution in [0.1, 0.15) is 22.5 Å². The lowest BCUT2D eigenvalue weighted by atomic mass is 10.1. The molecule has 0 spiro atoms. The lowest BCUT2D eigenvalue weighted by Gasteiger charge is -2.19. The first-order valence-electron chi connectivity index (χ1n) is 6.04. The maximum Gasteiger partial charge on any atom is 0.412 e. The fourth-order valence-electron chi connectivity index (χ4n) is 2.11. The molecular formula is C14H14N4O2. The molecule has 0 saturated heterocycles. The third kappa shape index (κ3) is 2.62. The van der Waals surface area contributed by atoms with Crippen molar-refractivity contribution in [1.29, 1.82) is 5.26 Å². The van der Waals surface area contributed by atoms with E-state index in [9.17, 15) is 9.90 Å². The highest BCUT2D eigenvalue weighted by Gasteiger charge is 2.21. The molecule has 102 valence electrons. The molecule has 1 aromatic heterocycles. The lowest BCUT2D eigenvalue weighted by molar-refractivity contribution is 0.201. The van der Waals surface area contributed by atoms with Gasteiger partial charge in [0.2, 0.25) is 0 Å². The van der Waals surface area contributed by atoms with Crippen molar-refractivity contribution in [2.24, 2.45) is 0 Å². The van der Waals surface area contributed by atoms with Gasteiger partial charge in [0.05, 0.1) is 35.3 Å². The van der Waals surface area contributed by atoms with E-state index in [1.807, 2.05) is 6.07 Å². The molecule has 0 bridgehead atoms. The van der Waals surface area contributed by atoms with Crippen LogP contribution in [0.3, 0.4) is 0 Å². The van der Waals surface area contributed by atoms with E-state index >= 15 is 0 Å². The first kappa shape index (κ1) is 13.6. The molecule has 0 fully saturated rings. The van der Waals surface area contributed by atoms with Gasteiger partial charge < -0.3 is 5.11 Å². The topological polar surface area (TPSA) is 93.0 Å². The van der Waals surface area contributed by atoms with Crippen molar-refractivity contribution in [2.45, 2.75) is 20.4 Å². The molecule has 0 atom stereocenters. The first-order valence-corrected chi connectivity index (χ1v) is 6.04. The molecule has 1 amide bonds. The summed E-state index contributed by atoms with van der Waals surface area (Å²) < 4.78 is 0. The molecule has 0 aliphatic rings. The number of rotatable bonds is 3. The molecule has 0 aliphatic heterocycles. The number of amides is 1. The van der Waals surface area contributed by atoms with Crippen LogP contribution < -0.4 is 4.90 Å². The van der Waals surface area contributed by atoms with Crippen molar-refractivity contribution in [1.82, 2.24) is 10.2 Å². The second-order valence-corrected chi connectivity index (χ2v) is 4.46. The molecule has 1 heterocycles. The van der Waals surface area contributed by atoms with Crippen molar-refractivity contribution in [3.05, 3.63) is 46.8 Å². The number of H-pyrrole nitrogens is 1. The highest BCUT2D eigenvalue weighted by Crippen LogP contribution is 2.24. The van der Waals surface area contributed by atoms with Gasteiger partial charge in [-0.2, -0.15) is 10.4 Å². The van der Waals surface area contributed by atoms with Crippen molar-refractivity contribution in [2.75, 3.05) is 4.90 Å². The molecular weight excluding hydrogens is 256 g/mol. The van der Waals surface area contributed by atoms with E-state index in [0.717, 1.165) is 5.56 Å². The number of benzene rings is 1. The second kappa shape index (κ2) is 5.45. The number of carboxylic acid groups (broad SMARTS) is 1. The predicted octanol–water partition coefficient (Wildman–Crippen LogP) is 2.58. The first-order chi connectivity index (χ1) is 9.52. The van der Waals surface area contributed by atoms with Crippen LogP contribution in [0.25, 0.3) is 0 Å². The van der Waals surface area contributed by atoms with Crippen LogP contribution in [0.5, 0.6) is 0 Å². The minimum Gasteiger partial charge on any atom is -0.465 e. The zero-order valence-electron chi connectivity index (χ0n) is 11.2. The van der Waals surface area contributed by atoms with E-state index in [1.165, 1.54) is 4.90 Å². The summed E-state index contributed by atoms with van der Waals surface area (Å²) in [5.41, 5.74) is 3.14. The standard InChI is InChI=1S/C14H14N4O2/c1-9-13(10(2)17-16-9)18(14(19)20)8-12-5-3-4-11(6-12)7-15/h3-6H,8H2,1-2H3,(H,16,17)(H,19,20). The molecule has 0 radical (unpaired) electrons. The maximum atomic E-state index is 11.5. The van der Waals surface area contributed by atoms with Gasteiger partial charge in [-0.05, 0) is 31.5 Å². The fraction of sp³-hybridized carbons (Fsp3) is 0.214. The summed E-state index contributed by atoms with van der Waals surface area (Å²) in [6.07, 6.45) is -1.06. The quantitative estimate of drug-likeness (QED) is 0.896. The van der Waals surface area contributed by atoms with Crippen molar-refractivity contribution in [3.63, 3.8) is 0 Å². The number of aromatic amines is 1. The van der Waals surface area contributed by atoms with E-state index in [4.69, 9.17) is 5.26 Å². The third-order valence-corrected chi connectivity index (χ3v) is 2.99. The summed E-state index contributed by atoms with van der Waals surface area (Å²) >= 11 is 0. The number of hydrogen-bond acceptors (Lipinski definition) is 3. The molecule has 0 aliphatic carbocycles. The van der Waals surface area contributed by atoms with E-state index in [1.54, 1.807) is 38.1 Å². The SMILES string of the molecule is Cc1n[nH]c(C)c1N(Cc1cccc(C#N)c1)C(=O)O. The number of nitrogens with zero attached hydrogens (tertiary/aromatic N) is 3. The zero-order valence-corrected chi connectivity index (χ0v) is 11.2. The van der Waals surface area contributed by atoms with Gasteiger partial charge in [-0.25, -0.2) is 4.79 Å². The Kier molecular flexibility index (Phi) is 3.71. The molecule has 0 unspecified atom stereocenters. The molecule has 1 aromatic carbocycles. The predicted molar refractivity (Wildman–Crippen MR) is 73.4 cm³/mol. The molecule has 2 rings (SSSR count). The normalized spacial score (nSPS) is 10.1. The summed E-state index contributed by atoms with van der Waals surface area (Å²) in [6, 6.07) is 8.94. The van der Waals surface area contributed by atoms with Crippen molar-refractivity contribution >= 4 is 11.8 Å². The Morgan fingerprint density at radius 3 is 2.80 bits per heavy atom. The highest BCUT2D eigenvalue weighted by atomic mass is 16.4. The number of carbonyl (C=O) groups is 1. The lowest BCUT2D eigenvalue weighted by Crippen LogP contribution is -2.29. The Morgan fingerprint density at radius 2 is 2.25 bits per heavy atom. The largest absolute Gasteiger partial charge is 0.465 e. The molecule has 2 aromatic rings. The summed E-state index contributed by atoms with van der Waals surface area (Å²) in [6.45, 7) is 3.70. The fourth-order valence-corrected chi connectivity index (χ4v) is 2.11. The highest BCUT2D eigenvalue weighted by molar-refractivity contribution is 5.87. The van der Waals surface area contributed by atoms with Gasteiger partial charge in [0.15, 0.2) is 0 Å². The zero-order chi connectivity index (χ0) is 14.7. The van der Waals surface area contributed by atoms with Crippen LogP contribution in [-0.2, 0) is 6.54 Å². The molecule has 20 heavy (non-hydrogen) atoms. The van der Waals surface area contributed by atoms with Gasteiger partial charge in [-0.3, -0.25) is 10.00 Å². The number of nitriles is 1. The number of aromatic nitrogens is 2. The average molecular weight is 270 g/mol. The van der Waals surface area contributed by atoms with Crippen LogP contribution >= 0.6 is 0 Å². The molecule has 6 heteroatoms. The summed E-state index contributed by atoms with van der Waals surface area (Å²) in [4.78, 5) is 12.7. The number of hydrogen-bond donors (Lipinski definition) is 2. The summed E-state index contributed by atoms with van der Waals surface area (Å²) in [5.74, 6) is 0. The Labute approximate surface area is 116 Å². The van der Waals surface area contributed by atoms with Crippen LogP contribution in [0.4, 0.5) is 10.5 Å². The number of nitrogens with one attached hydrogen (secondary N) is 1. The van der Waals surface area contributed by atoms with Gasteiger partial charge in [-0.15, -0.1) is 0 Å². The summed E-state index contributed by atoms with van der Waals surface area (Å²) in [5, 5.41) is 25.1. The Morgan fingerprint density at radius 1 is 1.50 bits per heavy atom. The van der Waals surface area contributed by atoms with E-state index in [2.05, 4.69) is 10.2 Å². The summed E-state index contributed by atoms with van der Waals surface area (Å²) in [7, 11) is 0. The Bertz CT molecular complexity index is 665. The molecule has 0 saturated carbocycles. The van der Waals surface area contributed by atoms with Gasteiger partial charge in [0, 0.05) is 0 Å². The number of anilines is 1. The second-order valence-electron chi connectivity index (χ2n) is 4.46. The van der Waals surface area contributed by atoms with E-state index < -0.39 is 6.09 Å². The Balaban J connectivity index is 2.36. The van der Waals surface area contributed by atoms with Crippen LogP contribution in [-0.4, -0.2) is 21.4 Å². The van der Waals surface area contributed by atoms with Crippen LogP contribution in [0.2, 0.25) is 0 Å². The number of aryl methyl sites for hydroxylation is 2. The molecule has 2 N–H and O–H groups in total. The van der Waals surface area contributed by atoms with Gasteiger partial charge >= 0.3 is 6.09 Å². The van der Waals surface area contributed by atoms with Crippen LogP contribution in [0.15, 0.2) is 24.3 Å². The van der Waals surface area contributed by atoms with E-state index in [-0.39, 0.29) is 6.54 Å². The Hall–Kier alpha value is -2.81. The van der Waals surface area contributed by atoms with Gasteiger partial charge in [-0.1, -0.05) is 12.1 Å². The average Bonchev–Trinajstić information content (AvgIpc) is 2.76. The van der Waals surface area contributed by atoms with Gasteiger partial charge in [0.1, 0.15) is 0 Å². The third-order valence-electron chi connectivity index (χ3n) is 2.99. The smallest absolute Gasteiger partial charge is 0.412 e. The minimum absolute atomic E-state index is 0.173. The van der Waals surface area contributed by atoms with Gasteiger partial charge in [0.25, 0.3) is 0 Å². The minimum atomic E-state index is -1.06. The van der Waals surface area contributed by atoms with Crippen molar-refractivity contribution < 1.29 is 9.90 Å². The van der Waals surface area contributed by atoms with E-state index in [0.29, 0.717) is 22.6 Å². The molecule has 6 nitrogen and oxygen atoms in total. The monoisotopic (exact) mass is 270 g/mol. The van der Waals surface area contributed by atoms with Crippen LogP contribution in [0, 0.1) is 25.2 Å².